The highest BCUT2D eigenvalue weighted by atomic mass is 35.5. The van der Waals surface area contributed by atoms with Crippen LogP contribution in [-0.2, 0) is 24.6 Å². The molecule has 0 spiro atoms. The van der Waals surface area contributed by atoms with Crippen molar-refractivity contribution in [2.45, 2.75) is 68.7 Å². The number of nitrogens with one attached hydrogen (secondary N) is 1. The Labute approximate surface area is 210 Å². The number of amides is 1. The second-order valence-corrected chi connectivity index (χ2v) is 10.1. The van der Waals surface area contributed by atoms with E-state index in [4.69, 9.17) is 21.1 Å². The molecule has 7 nitrogen and oxygen atoms in total. The lowest BCUT2D eigenvalue weighted by Gasteiger charge is -2.48. The molecule has 3 atom stereocenters. The van der Waals surface area contributed by atoms with Crippen LogP contribution in [0.4, 0.5) is 17.6 Å². The minimum absolute atomic E-state index is 0.0405. The number of rotatable bonds is 7. The Morgan fingerprint density at radius 1 is 1.28 bits per heavy atom. The largest absolute Gasteiger partial charge is 0.522 e. The summed E-state index contributed by atoms with van der Waals surface area (Å²) in [7, 11) is 0. The highest BCUT2D eigenvalue weighted by Crippen LogP contribution is 2.47. The molecule has 1 amide bonds. The first-order valence-electron chi connectivity index (χ1n) is 11.9. The van der Waals surface area contributed by atoms with Crippen LogP contribution in [0.1, 0.15) is 44.1 Å². The van der Waals surface area contributed by atoms with Gasteiger partial charge in [0.05, 0.1) is 34.7 Å². The monoisotopic (exact) mass is 531 g/mol. The van der Waals surface area contributed by atoms with Crippen molar-refractivity contribution in [1.82, 2.24) is 15.1 Å². The minimum Gasteiger partial charge on any atom is -0.370 e. The number of fused-ring (bicyclic) bond motifs is 2. The summed E-state index contributed by atoms with van der Waals surface area (Å²) in [4.78, 5) is 12.5. The SMILES string of the molecule is O=C(COC1CC(OC(F)(F)F)C1)NC1CCC2(c3cnn(-c4ccc(Cl)c(F)c4)c3)CC1CCO2. The molecule has 2 heterocycles. The first kappa shape index (κ1) is 25.4. The lowest BCUT2D eigenvalue weighted by Crippen LogP contribution is -2.52. The fourth-order valence-electron chi connectivity index (χ4n) is 5.38. The van der Waals surface area contributed by atoms with Gasteiger partial charge in [0.1, 0.15) is 12.4 Å². The molecule has 2 aliphatic carbocycles. The van der Waals surface area contributed by atoms with Crippen molar-refractivity contribution in [3.05, 3.63) is 47.0 Å². The number of aromatic nitrogens is 2. The number of alkyl halides is 3. The standard InChI is InChI=1S/C24H26ClF4N3O4/c25-19-2-1-16(7-20(19)26)32-12-15(11-30-32)23-5-3-21(14(10-23)4-6-35-23)31-22(33)13-34-17-8-18(9-17)36-24(27,28)29/h1-2,7,11-12,14,17-18,21H,3-6,8-10,13H2,(H,31,33). The summed E-state index contributed by atoms with van der Waals surface area (Å²) in [6, 6.07) is 4.45. The van der Waals surface area contributed by atoms with Gasteiger partial charge in [-0.05, 0) is 43.7 Å². The van der Waals surface area contributed by atoms with E-state index < -0.39 is 30.0 Å². The van der Waals surface area contributed by atoms with Gasteiger partial charge in [-0.3, -0.25) is 9.53 Å². The number of benzene rings is 1. The first-order valence-corrected chi connectivity index (χ1v) is 12.3. The molecule has 2 aromatic rings. The Morgan fingerprint density at radius 2 is 2.08 bits per heavy atom. The average molecular weight is 532 g/mol. The van der Waals surface area contributed by atoms with Crippen molar-refractivity contribution in [3.8, 4) is 5.69 Å². The van der Waals surface area contributed by atoms with Crippen LogP contribution in [0, 0.1) is 11.7 Å². The number of halogens is 5. The van der Waals surface area contributed by atoms with Crippen LogP contribution in [0.25, 0.3) is 5.69 Å². The minimum atomic E-state index is -4.65. The molecule has 1 aromatic carbocycles. The summed E-state index contributed by atoms with van der Waals surface area (Å²) in [5.74, 6) is -0.608. The van der Waals surface area contributed by atoms with E-state index in [2.05, 4.69) is 15.2 Å². The van der Waals surface area contributed by atoms with Gasteiger partial charge in [0, 0.05) is 43.3 Å². The molecule has 5 rings (SSSR count). The van der Waals surface area contributed by atoms with Gasteiger partial charge in [-0.25, -0.2) is 9.07 Å². The van der Waals surface area contributed by atoms with Gasteiger partial charge in [0.25, 0.3) is 0 Å². The molecular weight excluding hydrogens is 506 g/mol. The van der Waals surface area contributed by atoms with E-state index in [0.717, 1.165) is 12.0 Å². The highest BCUT2D eigenvalue weighted by molar-refractivity contribution is 6.30. The maximum atomic E-state index is 13.9. The highest BCUT2D eigenvalue weighted by Gasteiger charge is 2.47. The van der Waals surface area contributed by atoms with Gasteiger partial charge in [0.2, 0.25) is 5.91 Å². The Kier molecular flexibility index (Phi) is 7.01. The predicted molar refractivity (Wildman–Crippen MR) is 120 cm³/mol. The molecule has 3 fully saturated rings. The number of nitrogens with zero attached hydrogens (tertiary/aromatic N) is 2. The normalized spacial score (nSPS) is 30.0. The quantitative estimate of drug-likeness (QED) is 0.527. The van der Waals surface area contributed by atoms with E-state index in [1.165, 1.54) is 12.1 Å². The van der Waals surface area contributed by atoms with E-state index in [1.807, 2.05) is 6.20 Å². The smallest absolute Gasteiger partial charge is 0.370 e. The van der Waals surface area contributed by atoms with E-state index >= 15 is 0 Å². The zero-order valence-corrected chi connectivity index (χ0v) is 20.0. The molecule has 1 aliphatic heterocycles. The predicted octanol–water partition coefficient (Wildman–Crippen LogP) is 4.65. The molecule has 1 aromatic heterocycles. The van der Waals surface area contributed by atoms with E-state index in [0.29, 0.717) is 31.6 Å². The maximum absolute atomic E-state index is 13.9. The van der Waals surface area contributed by atoms with Crippen LogP contribution in [0.3, 0.4) is 0 Å². The van der Waals surface area contributed by atoms with Crippen molar-refractivity contribution >= 4 is 17.5 Å². The summed E-state index contributed by atoms with van der Waals surface area (Å²) < 4.78 is 67.7. The molecule has 12 heteroatoms. The molecule has 2 bridgehead atoms. The Balaban J connectivity index is 1.14. The topological polar surface area (TPSA) is 74.6 Å². The third kappa shape index (κ3) is 5.53. The zero-order chi connectivity index (χ0) is 25.5. The number of ether oxygens (including phenoxy) is 3. The van der Waals surface area contributed by atoms with E-state index in [1.54, 1.807) is 16.9 Å². The third-order valence-electron chi connectivity index (χ3n) is 7.31. The second-order valence-electron chi connectivity index (χ2n) is 9.67. The van der Waals surface area contributed by atoms with Crippen molar-refractivity contribution in [3.63, 3.8) is 0 Å². The summed E-state index contributed by atoms with van der Waals surface area (Å²) in [5.41, 5.74) is 0.926. The zero-order valence-electron chi connectivity index (χ0n) is 19.3. The van der Waals surface area contributed by atoms with Crippen LogP contribution in [-0.4, -0.2) is 53.5 Å². The molecule has 2 saturated carbocycles. The van der Waals surface area contributed by atoms with Gasteiger partial charge in [-0.1, -0.05) is 11.6 Å². The number of hydrogen-bond donors (Lipinski definition) is 1. The van der Waals surface area contributed by atoms with Crippen molar-refractivity contribution in [2.24, 2.45) is 5.92 Å². The molecule has 196 valence electrons. The number of carbonyl (C=O) groups is 1. The molecule has 36 heavy (non-hydrogen) atoms. The van der Waals surface area contributed by atoms with E-state index in [9.17, 15) is 22.4 Å². The fraction of sp³-hybridized carbons (Fsp3) is 0.583. The van der Waals surface area contributed by atoms with Gasteiger partial charge in [-0.15, -0.1) is 13.2 Å². The number of hydrogen-bond acceptors (Lipinski definition) is 5. The third-order valence-corrected chi connectivity index (χ3v) is 7.62. The second kappa shape index (κ2) is 9.92. The number of carbonyl (C=O) groups excluding carboxylic acids is 1. The molecular formula is C24H26ClF4N3O4. The Hall–Kier alpha value is -2.21. The fourth-order valence-corrected chi connectivity index (χ4v) is 5.49. The van der Waals surface area contributed by atoms with Crippen LogP contribution in [0.15, 0.2) is 30.6 Å². The lowest BCUT2D eigenvalue weighted by molar-refractivity contribution is -0.357. The van der Waals surface area contributed by atoms with Gasteiger partial charge >= 0.3 is 6.36 Å². The van der Waals surface area contributed by atoms with Crippen molar-refractivity contribution in [2.75, 3.05) is 13.2 Å². The van der Waals surface area contributed by atoms with Gasteiger partial charge in [-0.2, -0.15) is 5.10 Å². The molecule has 3 unspecified atom stereocenters. The summed E-state index contributed by atoms with van der Waals surface area (Å²) in [6.07, 6.45) is 0.718. The lowest BCUT2D eigenvalue weighted by atomic mass is 9.70. The molecule has 1 N–H and O–H groups in total. The van der Waals surface area contributed by atoms with E-state index in [-0.39, 0.29) is 42.3 Å². The van der Waals surface area contributed by atoms with Crippen LogP contribution >= 0.6 is 11.6 Å². The Bertz CT molecular complexity index is 1110. The summed E-state index contributed by atoms with van der Waals surface area (Å²) in [6.45, 7) is 0.343. The summed E-state index contributed by atoms with van der Waals surface area (Å²) in [5, 5.41) is 7.47. The molecule has 1 saturated heterocycles. The average Bonchev–Trinajstić information content (AvgIpc) is 3.30. The summed E-state index contributed by atoms with van der Waals surface area (Å²) >= 11 is 5.78. The van der Waals surface area contributed by atoms with Crippen molar-refractivity contribution in [1.29, 1.82) is 0 Å². The van der Waals surface area contributed by atoms with Crippen LogP contribution in [0.5, 0.6) is 0 Å². The maximum Gasteiger partial charge on any atom is 0.522 e. The van der Waals surface area contributed by atoms with Gasteiger partial charge in [0.15, 0.2) is 0 Å². The molecule has 0 radical (unpaired) electrons. The first-order chi connectivity index (χ1) is 17.1. The van der Waals surface area contributed by atoms with Crippen LogP contribution in [0.2, 0.25) is 5.02 Å². The molecule has 3 aliphatic rings. The Morgan fingerprint density at radius 3 is 2.83 bits per heavy atom. The van der Waals surface area contributed by atoms with Gasteiger partial charge < -0.3 is 14.8 Å². The van der Waals surface area contributed by atoms with Crippen molar-refractivity contribution < 1.29 is 36.6 Å². The van der Waals surface area contributed by atoms with Crippen LogP contribution < -0.4 is 5.32 Å².